The van der Waals surface area contributed by atoms with Gasteiger partial charge in [-0.05, 0) is 6.42 Å². The molecule has 4 N–H and O–H groups in total. The van der Waals surface area contributed by atoms with Crippen molar-refractivity contribution in [1.82, 2.24) is 5.32 Å². The van der Waals surface area contributed by atoms with Crippen molar-refractivity contribution in [2.45, 2.75) is 24.7 Å². The second-order valence-electron chi connectivity index (χ2n) is 3.28. The molecular weight excluding hydrogens is 190 g/mol. The number of aliphatic hydroxyl groups excluding tert-OH is 2. The number of aliphatic hydroxyl groups is 2. The molecule has 1 fully saturated rings. The molecule has 0 aromatic heterocycles. The van der Waals surface area contributed by atoms with E-state index in [1.54, 1.807) is 0 Å². The van der Waals surface area contributed by atoms with Gasteiger partial charge in [0, 0.05) is 13.2 Å². The van der Waals surface area contributed by atoms with Crippen LogP contribution in [0.25, 0.3) is 0 Å². The van der Waals surface area contributed by atoms with Crippen LogP contribution in [0.5, 0.6) is 0 Å². The van der Waals surface area contributed by atoms with Crippen molar-refractivity contribution in [1.29, 1.82) is 0 Å². The van der Waals surface area contributed by atoms with Crippen LogP contribution in [0.1, 0.15) is 6.42 Å². The molecule has 1 saturated heterocycles. The summed E-state index contributed by atoms with van der Waals surface area (Å²) in [6.07, 6.45) is -1.83. The third kappa shape index (κ3) is 3.22. The normalized spacial score (nSPS) is 32.9. The van der Waals surface area contributed by atoms with Gasteiger partial charge in [-0.3, -0.25) is 4.79 Å². The summed E-state index contributed by atoms with van der Waals surface area (Å²) in [5.41, 5.74) is 0. The lowest BCUT2D eigenvalue weighted by molar-refractivity contribution is -0.139. The highest BCUT2D eigenvalue weighted by Gasteiger charge is 2.30. The summed E-state index contributed by atoms with van der Waals surface area (Å²) in [5.74, 6) is -0.962. The first-order chi connectivity index (χ1) is 6.61. The summed E-state index contributed by atoms with van der Waals surface area (Å²) in [4.78, 5) is 10.2. The fourth-order valence-corrected chi connectivity index (χ4v) is 1.36. The number of hydrogen-bond donors (Lipinski definition) is 4. The first kappa shape index (κ1) is 11.4. The minimum absolute atomic E-state index is 0.178. The van der Waals surface area contributed by atoms with Crippen molar-refractivity contribution in [3.63, 3.8) is 0 Å². The molecule has 14 heavy (non-hydrogen) atoms. The van der Waals surface area contributed by atoms with E-state index in [2.05, 4.69) is 5.32 Å². The van der Waals surface area contributed by atoms with Crippen molar-refractivity contribution >= 4 is 5.97 Å². The fraction of sp³-hybridized carbons (Fsp3) is 0.875. The summed E-state index contributed by atoms with van der Waals surface area (Å²) in [6, 6.07) is 0. The molecule has 6 nitrogen and oxygen atoms in total. The number of ether oxygens (including phenoxy) is 1. The summed E-state index contributed by atoms with van der Waals surface area (Å²) in [7, 11) is 0. The second-order valence-corrected chi connectivity index (χ2v) is 3.28. The maximum atomic E-state index is 10.2. The van der Waals surface area contributed by atoms with Gasteiger partial charge < -0.3 is 25.4 Å². The van der Waals surface area contributed by atoms with Crippen molar-refractivity contribution in [3.8, 4) is 0 Å². The molecular formula is C8H15NO5. The predicted octanol–water partition coefficient (Wildman–Crippen LogP) is -1.83. The van der Waals surface area contributed by atoms with E-state index in [0.29, 0.717) is 13.0 Å². The van der Waals surface area contributed by atoms with E-state index in [9.17, 15) is 15.0 Å². The first-order valence-corrected chi connectivity index (χ1v) is 4.51. The molecule has 1 heterocycles. The highest BCUT2D eigenvalue weighted by molar-refractivity contribution is 5.68. The molecule has 0 radical (unpaired) electrons. The molecule has 0 aromatic rings. The Hall–Kier alpha value is -0.690. The Kier molecular flexibility index (Phi) is 4.27. The Bertz CT molecular complexity index is 198. The number of carboxylic acid groups (broad SMARTS) is 1. The molecule has 0 unspecified atom stereocenters. The molecule has 1 rings (SSSR count). The number of rotatable bonds is 4. The lowest BCUT2D eigenvalue weighted by Gasteiger charge is -2.31. The molecule has 0 aromatic carbocycles. The molecule has 0 amide bonds. The largest absolute Gasteiger partial charge is 0.480 e. The molecule has 82 valence electrons. The summed E-state index contributed by atoms with van der Waals surface area (Å²) in [6.45, 7) is 0.435. The van der Waals surface area contributed by atoms with Gasteiger partial charge in [0.1, 0.15) is 6.10 Å². The summed E-state index contributed by atoms with van der Waals surface area (Å²) in [5, 5.41) is 29.7. The highest BCUT2D eigenvalue weighted by atomic mass is 16.5. The van der Waals surface area contributed by atoms with Gasteiger partial charge in [0.2, 0.25) is 0 Å². The van der Waals surface area contributed by atoms with Gasteiger partial charge in [-0.2, -0.15) is 0 Å². The van der Waals surface area contributed by atoms with Gasteiger partial charge in [0.15, 0.2) is 0 Å². The van der Waals surface area contributed by atoms with Gasteiger partial charge in [-0.15, -0.1) is 0 Å². The number of hydrogen-bond acceptors (Lipinski definition) is 5. The minimum Gasteiger partial charge on any atom is -0.480 e. The van der Waals surface area contributed by atoms with Gasteiger partial charge in [-0.25, -0.2) is 0 Å². The Morgan fingerprint density at radius 3 is 2.86 bits per heavy atom. The average Bonchev–Trinajstić information content (AvgIpc) is 2.12. The van der Waals surface area contributed by atoms with E-state index < -0.39 is 24.3 Å². The Morgan fingerprint density at radius 2 is 2.21 bits per heavy atom. The molecule has 6 heteroatoms. The SMILES string of the molecule is O=C(O)CNC[C@H]1OCC[C@@H](O)[C@H]1O. The maximum Gasteiger partial charge on any atom is 0.317 e. The molecule has 0 bridgehead atoms. The zero-order chi connectivity index (χ0) is 10.6. The lowest BCUT2D eigenvalue weighted by Crippen LogP contribution is -2.49. The van der Waals surface area contributed by atoms with Crippen LogP contribution >= 0.6 is 0 Å². The predicted molar refractivity (Wildman–Crippen MR) is 46.9 cm³/mol. The Labute approximate surface area is 81.5 Å². The van der Waals surface area contributed by atoms with Crippen LogP contribution in [0.2, 0.25) is 0 Å². The van der Waals surface area contributed by atoms with Gasteiger partial charge in [0.25, 0.3) is 0 Å². The number of carbonyl (C=O) groups is 1. The van der Waals surface area contributed by atoms with E-state index in [4.69, 9.17) is 9.84 Å². The van der Waals surface area contributed by atoms with Crippen LogP contribution in [0, 0.1) is 0 Å². The van der Waals surface area contributed by atoms with Crippen molar-refractivity contribution in [2.75, 3.05) is 19.7 Å². The highest BCUT2D eigenvalue weighted by Crippen LogP contribution is 2.13. The average molecular weight is 205 g/mol. The first-order valence-electron chi connectivity index (χ1n) is 4.51. The van der Waals surface area contributed by atoms with Crippen LogP contribution in [0.3, 0.4) is 0 Å². The summed E-state index contributed by atoms with van der Waals surface area (Å²) >= 11 is 0. The lowest BCUT2D eigenvalue weighted by atomic mass is 10.0. The number of carboxylic acids is 1. The zero-order valence-electron chi connectivity index (χ0n) is 7.72. The van der Waals surface area contributed by atoms with Gasteiger partial charge in [0.05, 0.1) is 18.8 Å². The van der Waals surface area contributed by atoms with E-state index >= 15 is 0 Å². The molecule has 1 aliphatic rings. The van der Waals surface area contributed by atoms with Crippen LogP contribution < -0.4 is 5.32 Å². The van der Waals surface area contributed by atoms with Crippen molar-refractivity contribution in [3.05, 3.63) is 0 Å². The molecule has 0 spiro atoms. The standard InChI is InChI=1S/C8H15NO5/c10-5-1-2-14-6(8(5)13)3-9-4-7(11)12/h5-6,8-10,13H,1-4H2,(H,11,12)/t5-,6-,8-/m1/s1. The van der Waals surface area contributed by atoms with Gasteiger partial charge >= 0.3 is 5.97 Å². The molecule has 0 saturated carbocycles. The zero-order valence-corrected chi connectivity index (χ0v) is 7.72. The molecule has 1 aliphatic heterocycles. The van der Waals surface area contributed by atoms with E-state index in [1.165, 1.54) is 0 Å². The van der Waals surface area contributed by atoms with Crippen molar-refractivity contribution in [2.24, 2.45) is 0 Å². The maximum absolute atomic E-state index is 10.2. The second kappa shape index (κ2) is 5.26. The van der Waals surface area contributed by atoms with Crippen LogP contribution in [-0.2, 0) is 9.53 Å². The van der Waals surface area contributed by atoms with E-state index in [0.717, 1.165) is 0 Å². The quantitative estimate of drug-likeness (QED) is 0.431. The number of aliphatic carboxylic acids is 1. The van der Waals surface area contributed by atoms with E-state index in [1.807, 2.05) is 0 Å². The smallest absolute Gasteiger partial charge is 0.317 e. The van der Waals surface area contributed by atoms with Crippen LogP contribution in [-0.4, -0.2) is 59.3 Å². The third-order valence-corrected chi connectivity index (χ3v) is 2.14. The van der Waals surface area contributed by atoms with Crippen LogP contribution in [0.4, 0.5) is 0 Å². The monoisotopic (exact) mass is 205 g/mol. The minimum atomic E-state index is -0.962. The van der Waals surface area contributed by atoms with E-state index in [-0.39, 0.29) is 13.1 Å². The van der Waals surface area contributed by atoms with Gasteiger partial charge in [-0.1, -0.05) is 0 Å². The Morgan fingerprint density at radius 1 is 1.50 bits per heavy atom. The van der Waals surface area contributed by atoms with Crippen LogP contribution in [0.15, 0.2) is 0 Å². The molecule has 3 atom stereocenters. The number of nitrogens with one attached hydrogen (secondary N) is 1. The molecule has 0 aliphatic carbocycles. The Balaban J connectivity index is 2.25. The summed E-state index contributed by atoms with van der Waals surface area (Å²) < 4.78 is 5.18. The third-order valence-electron chi connectivity index (χ3n) is 2.14. The fourth-order valence-electron chi connectivity index (χ4n) is 1.36. The topological polar surface area (TPSA) is 99.0 Å². The van der Waals surface area contributed by atoms with Crippen molar-refractivity contribution < 1.29 is 24.9 Å².